The molecule has 6 nitrogen and oxygen atoms in total. The number of carbonyl (C=O) groups excluding carboxylic acids is 1. The average Bonchev–Trinajstić information content (AvgIpc) is 2.81. The molecule has 0 N–H and O–H groups in total. The fourth-order valence-electron chi connectivity index (χ4n) is 2.77. The van der Waals surface area contributed by atoms with Gasteiger partial charge in [-0.1, -0.05) is 6.58 Å². The lowest BCUT2D eigenvalue weighted by atomic mass is 9.80. The van der Waals surface area contributed by atoms with Crippen LogP contribution >= 0.6 is 0 Å². The van der Waals surface area contributed by atoms with E-state index in [2.05, 4.69) is 16.5 Å². The standard InChI is InChI=1S/C16H22BN3O3/c1-12-16(3,4)23-17(22-12)14-5-6-18-15(11-14)20-9-7-19(8-10-20)13(2)21/h5-6,11H,1,7-10H2,2-4H3. The largest absolute Gasteiger partial charge is 0.563 e. The van der Waals surface area contributed by atoms with Gasteiger partial charge in [-0.3, -0.25) is 4.79 Å². The second kappa shape index (κ2) is 5.89. The third-order valence-electron chi connectivity index (χ3n) is 4.41. The van der Waals surface area contributed by atoms with Gasteiger partial charge in [0.2, 0.25) is 5.91 Å². The molecule has 2 aliphatic heterocycles. The van der Waals surface area contributed by atoms with E-state index in [1.165, 1.54) is 0 Å². The SMILES string of the molecule is C=C1OB(c2ccnc(N3CCN(C(C)=O)CC3)c2)OC1(C)C. The zero-order valence-electron chi connectivity index (χ0n) is 13.9. The Kier molecular flexibility index (Phi) is 4.06. The first-order valence-electron chi connectivity index (χ1n) is 7.87. The molecule has 122 valence electrons. The minimum absolute atomic E-state index is 0.125. The monoisotopic (exact) mass is 315 g/mol. The van der Waals surface area contributed by atoms with Crippen molar-refractivity contribution < 1.29 is 14.1 Å². The molecule has 0 unspecified atom stereocenters. The van der Waals surface area contributed by atoms with Gasteiger partial charge >= 0.3 is 7.12 Å². The molecule has 23 heavy (non-hydrogen) atoms. The number of piperazine rings is 1. The second-order valence-electron chi connectivity index (χ2n) is 6.44. The maximum Gasteiger partial charge on any atom is 0.563 e. The lowest BCUT2D eigenvalue weighted by molar-refractivity contribution is -0.129. The summed E-state index contributed by atoms with van der Waals surface area (Å²) in [6.07, 6.45) is 1.77. The molecule has 1 aromatic heterocycles. The Morgan fingerprint density at radius 2 is 2.04 bits per heavy atom. The Morgan fingerprint density at radius 3 is 2.61 bits per heavy atom. The molecule has 0 saturated carbocycles. The Labute approximate surface area is 137 Å². The van der Waals surface area contributed by atoms with Crippen molar-refractivity contribution in [3.63, 3.8) is 0 Å². The van der Waals surface area contributed by atoms with Crippen LogP contribution in [-0.4, -0.2) is 54.7 Å². The van der Waals surface area contributed by atoms with E-state index in [0.717, 1.165) is 37.5 Å². The number of hydrogen-bond acceptors (Lipinski definition) is 5. The topological polar surface area (TPSA) is 54.9 Å². The van der Waals surface area contributed by atoms with Crippen molar-refractivity contribution in [3.8, 4) is 0 Å². The molecule has 3 rings (SSSR count). The minimum atomic E-state index is -0.485. The summed E-state index contributed by atoms with van der Waals surface area (Å²) in [5.74, 6) is 1.64. The molecular weight excluding hydrogens is 293 g/mol. The van der Waals surface area contributed by atoms with Crippen LogP contribution < -0.4 is 10.4 Å². The highest BCUT2D eigenvalue weighted by Crippen LogP contribution is 2.29. The van der Waals surface area contributed by atoms with E-state index in [1.54, 1.807) is 13.1 Å². The molecule has 0 aromatic carbocycles. The zero-order chi connectivity index (χ0) is 16.6. The molecule has 2 saturated heterocycles. The number of pyridine rings is 1. The molecule has 2 aliphatic rings. The molecule has 0 atom stereocenters. The number of nitrogens with zero attached hydrogens (tertiary/aromatic N) is 3. The van der Waals surface area contributed by atoms with Gasteiger partial charge in [0.25, 0.3) is 0 Å². The molecular formula is C16H22BN3O3. The highest BCUT2D eigenvalue weighted by Gasteiger charge is 2.43. The van der Waals surface area contributed by atoms with E-state index >= 15 is 0 Å². The molecule has 2 fully saturated rings. The zero-order valence-corrected chi connectivity index (χ0v) is 13.9. The Morgan fingerprint density at radius 1 is 1.35 bits per heavy atom. The van der Waals surface area contributed by atoms with Crippen LogP contribution in [0.5, 0.6) is 0 Å². The number of rotatable bonds is 2. The van der Waals surface area contributed by atoms with Crippen LogP contribution in [-0.2, 0) is 14.1 Å². The van der Waals surface area contributed by atoms with Crippen LogP contribution in [0.2, 0.25) is 0 Å². The van der Waals surface area contributed by atoms with Crippen molar-refractivity contribution in [2.24, 2.45) is 0 Å². The van der Waals surface area contributed by atoms with Gasteiger partial charge in [0.05, 0.1) is 5.76 Å². The van der Waals surface area contributed by atoms with Crippen molar-refractivity contribution in [2.75, 3.05) is 31.1 Å². The summed E-state index contributed by atoms with van der Waals surface area (Å²) >= 11 is 0. The lowest BCUT2D eigenvalue weighted by Crippen LogP contribution is -2.48. The van der Waals surface area contributed by atoms with Crippen LogP contribution in [0.4, 0.5) is 5.82 Å². The maximum absolute atomic E-state index is 11.4. The summed E-state index contributed by atoms with van der Waals surface area (Å²) in [5.41, 5.74) is 0.442. The van der Waals surface area contributed by atoms with E-state index in [-0.39, 0.29) is 5.91 Å². The van der Waals surface area contributed by atoms with Crippen LogP contribution in [0, 0.1) is 0 Å². The fraction of sp³-hybridized carbons (Fsp3) is 0.500. The Bertz CT molecular complexity index is 627. The van der Waals surface area contributed by atoms with Gasteiger partial charge in [-0.05, 0) is 26.0 Å². The summed E-state index contributed by atoms with van der Waals surface area (Å²) < 4.78 is 11.7. The van der Waals surface area contributed by atoms with E-state index < -0.39 is 12.7 Å². The second-order valence-corrected chi connectivity index (χ2v) is 6.44. The number of hydrogen-bond donors (Lipinski definition) is 0. The van der Waals surface area contributed by atoms with Crippen molar-refractivity contribution >= 4 is 24.3 Å². The van der Waals surface area contributed by atoms with Crippen molar-refractivity contribution in [2.45, 2.75) is 26.4 Å². The quantitative estimate of drug-likeness (QED) is 0.755. The number of carbonyl (C=O) groups is 1. The summed E-state index contributed by atoms with van der Waals surface area (Å²) in [6.45, 7) is 12.4. The predicted octanol–water partition coefficient (Wildman–Crippen LogP) is 0.784. The highest BCUT2D eigenvalue weighted by atomic mass is 16.7. The predicted molar refractivity (Wildman–Crippen MR) is 89.5 cm³/mol. The molecule has 3 heterocycles. The Balaban J connectivity index is 1.72. The van der Waals surface area contributed by atoms with Gasteiger partial charge in [-0.25, -0.2) is 4.98 Å². The van der Waals surface area contributed by atoms with Gasteiger partial charge in [-0.2, -0.15) is 0 Å². The van der Waals surface area contributed by atoms with E-state index in [0.29, 0.717) is 5.76 Å². The van der Waals surface area contributed by atoms with Gasteiger partial charge in [0, 0.05) is 44.8 Å². The summed E-state index contributed by atoms with van der Waals surface area (Å²) in [4.78, 5) is 19.9. The first kappa shape index (κ1) is 15.9. The Hall–Kier alpha value is -2.02. The first-order valence-corrected chi connectivity index (χ1v) is 7.87. The van der Waals surface area contributed by atoms with Gasteiger partial charge in [0.15, 0.2) is 0 Å². The molecule has 0 bridgehead atoms. The fourth-order valence-corrected chi connectivity index (χ4v) is 2.77. The molecule has 1 amide bonds. The van der Waals surface area contributed by atoms with Crippen molar-refractivity contribution in [1.82, 2.24) is 9.88 Å². The third-order valence-corrected chi connectivity index (χ3v) is 4.41. The van der Waals surface area contributed by atoms with Crippen molar-refractivity contribution in [1.29, 1.82) is 0 Å². The highest BCUT2D eigenvalue weighted by molar-refractivity contribution is 6.62. The number of anilines is 1. The van der Waals surface area contributed by atoms with Crippen LogP contribution in [0.1, 0.15) is 20.8 Å². The molecule has 0 spiro atoms. The van der Waals surface area contributed by atoms with E-state index in [4.69, 9.17) is 9.31 Å². The number of amides is 1. The van der Waals surface area contributed by atoms with Crippen molar-refractivity contribution in [3.05, 3.63) is 30.7 Å². The van der Waals surface area contributed by atoms with Gasteiger partial charge in [0.1, 0.15) is 11.4 Å². The normalized spacial score (nSPS) is 20.7. The smallest absolute Gasteiger partial charge is 0.534 e. The summed E-state index contributed by atoms with van der Waals surface area (Å²) in [6, 6.07) is 3.89. The molecule has 0 aliphatic carbocycles. The molecule has 0 radical (unpaired) electrons. The minimum Gasteiger partial charge on any atom is -0.534 e. The van der Waals surface area contributed by atoms with Crippen LogP contribution in [0.3, 0.4) is 0 Å². The lowest BCUT2D eigenvalue weighted by Gasteiger charge is -2.35. The van der Waals surface area contributed by atoms with Gasteiger partial charge < -0.3 is 19.1 Å². The van der Waals surface area contributed by atoms with Crippen LogP contribution in [0.25, 0.3) is 0 Å². The summed E-state index contributed by atoms with van der Waals surface area (Å²) in [5, 5.41) is 0. The maximum atomic E-state index is 11.4. The molecule has 7 heteroatoms. The summed E-state index contributed by atoms with van der Waals surface area (Å²) in [7, 11) is -0.447. The first-order chi connectivity index (χ1) is 10.9. The van der Waals surface area contributed by atoms with E-state index in [9.17, 15) is 4.79 Å². The number of aromatic nitrogens is 1. The molecule has 1 aromatic rings. The third kappa shape index (κ3) is 3.19. The van der Waals surface area contributed by atoms with Gasteiger partial charge in [-0.15, -0.1) is 0 Å². The average molecular weight is 315 g/mol. The van der Waals surface area contributed by atoms with Crippen LogP contribution in [0.15, 0.2) is 30.7 Å². The van der Waals surface area contributed by atoms with E-state index in [1.807, 2.05) is 30.9 Å².